The van der Waals surface area contributed by atoms with Gasteiger partial charge in [-0.2, -0.15) is 0 Å². The molecule has 1 aromatic rings. The molecule has 3 rings (SSSR count). The minimum atomic E-state index is -0.235. The summed E-state index contributed by atoms with van der Waals surface area (Å²) in [5, 5.41) is 3.20. The van der Waals surface area contributed by atoms with Gasteiger partial charge in [-0.05, 0) is 31.7 Å². The zero-order chi connectivity index (χ0) is 15.6. The van der Waals surface area contributed by atoms with Crippen LogP contribution in [-0.4, -0.2) is 24.7 Å². The molecule has 3 unspecified atom stereocenters. The van der Waals surface area contributed by atoms with E-state index < -0.39 is 0 Å². The first-order chi connectivity index (χ1) is 10.7. The van der Waals surface area contributed by atoms with Gasteiger partial charge in [-0.3, -0.25) is 4.79 Å². The van der Waals surface area contributed by atoms with Gasteiger partial charge in [0, 0.05) is 30.5 Å². The molecule has 0 aliphatic heterocycles. The topological polar surface area (TPSA) is 64.3 Å². The molecule has 0 saturated heterocycles. The van der Waals surface area contributed by atoms with Gasteiger partial charge in [-0.1, -0.05) is 36.8 Å². The van der Waals surface area contributed by atoms with Gasteiger partial charge in [-0.25, -0.2) is 0 Å². The quantitative estimate of drug-likeness (QED) is 0.838. The van der Waals surface area contributed by atoms with Crippen molar-refractivity contribution >= 4 is 18.3 Å². The molecule has 4 nitrogen and oxygen atoms in total. The van der Waals surface area contributed by atoms with E-state index in [1.165, 1.54) is 19.3 Å². The highest BCUT2D eigenvalue weighted by atomic mass is 35.5. The fraction of sp³-hybridized carbons (Fsp3) is 0.611. The Morgan fingerprint density at radius 2 is 2.09 bits per heavy atom. The van der Waals surface area contributed by atoms with E-state index >= 15 is 0 Å². The lowest BCUT2D eigenvalue weighted by Gasteiger charge is -2.61. The minimum Gasteiger partial charge on any atom is -0.378 e. The van der Waals surface area contributed by atoms with Gasteiger partial charge in [0.15, 0.2) is 0 Å². The lowest BCUT2D eigenvalue weighted by Crippen LogP contribution is -2.67. The number of benzene rings is 1. The van der Waals surface area contributed by atoms with E-state index in [2.05, 4.69) is 5.32 Å². The summed E-state index contributed by atoms with van der Waals surface area (Å²) in [6.45, 7) is 2.79. The number of nitrogens with two attached hydrogens (primary N) is 1. The predicted octanol–water partition coefficient (Wildman–Crippen LogP) is 2.96. The second-order valence-electron chi connectivity index (χ2n) is 6.61. The molecule has 2 fully saturated rings. The number of halogens is 1. The van der Waals surface area contributed by atoms with Gasteiger partial charge in [0.1, 0.15) is 0 Å². The summed E-state index contributed by atoms with van der Waals surface area (Å²) in [4.78, 5) is 12.3. The zero-order valence-electron chi connectivity index (χ0n) is 13.7. The standard InChI is InChI=1S/C18H26N2O2.ClH/c1-2-22-16-12-15(18(16)9-6-10-18)20-17(21)11-14(19)13-7-4-3-5-8-13;/h3-5,7-8,14-16H,2,6,9-12,19H2,1H3,(H,20,21);1H. The molecule has 0 aromatic heterocycles. The van der Waals surface area contributed by atoms with Gasteiger partial charge in [-0.15, -0.1) is 12.4 Å². The van der Waals surface area contributed by atoms with Crippen molar-refractivity contribution in [3.8, 4) is 0 Å². The summed E-state index contributed by atoms with van der Waals surface area (Å²) >= 11 is 0. The van der Waals surface area contributed by atoms with Crippen molar-refractivity contribution in [2.45, 2.75) is 57.2 Å². The monoisotopic (exact) mass is 338 g/mol. The van der Waals surface area contributed by atoms with Crippen LogP contribution in [0.5, 0.6) is 0 Å². The minimum absolute atomic E-state index is 0. The first kappa shape index (κ1) is 18.2. The molecule has 1 amide bonds. The molecule has 23 heavy (non-hydrogen) atoms. The van der Waals surface area contributed by atoms with E-state index in [1.807, 2.05) is 37.3 Å². The number of rotatable bonds is 6. The van der Waals surface area contributed by atoms with Crippen LogP contribution in [-0.2, 0) is 9.53 Å². The summed E-state index contributed by atoms with van der Waals surface area (Å²) in [5.74, 6) is 0.0579. The predicted molar refractivity (Wildman–Crippen MR) is 93.5 cm³/mol. The average Bonchev–Trinajstić information content (AvgIpc) is 2.45. The van der Waals surface area contributed by atoms with Crippen molar-refractivity contribution in [1.29, 1.82) is 0 Å². The summed E-state index contributed by atoms with van der Waals surface area (Å²) in [6.07, 6.45) is 5.22. The van der Waals surface area contributed by atoms with Crippen LogP contribution in [0.25, 0.3) is 0 Å². The van der Waals surface area contributed by atoms with Crippen LogP contribution >= 0.6 is 12.4 Å². The molecule has 1 aromatic carbocycles. The van der Waals surface area contributed by atoms with E-state index in [9.17, 15) is 4.79 Å². The van der Waals surface area contributed by atoms with Crippen LogP contribution < -0.4 is 11.1 Å². The van der Waals surface area contributed by atoms with Gasteiger partial charge in [0.25, 0.3) is 0 Å². The number of hydrogen-bond donors (Lipinski definition) is 2. The molecular weight excluding hydrogens is 312 g/mol. The Labute approximate surface area is 144 Å². The van der Waals surface area contributed by atoms with Crippen molar-refractivity contribution in [3.63, 3.8) is 0 Å². The molecule has 5 heteroatoms. The van der Waals surface area contributed by atoms with E-state index in [-0.39, 0.29) is 35.8 Å². The fourth-order valence-corrected chi connectivity index (χ4v) is 3.91. The summed E-state index contributed by atoms with van der Waals surface area (Å²) in [5.41, 5.74) is 7.36. The number of carbonyl (C=O) groups is 1. The average molecular weight is 339 g/mol. The number of nitrogens with one attached hydrogen (secondary N) is 1. The summed E-state index contributed by atoms with van der Waals surface area (Å²) in [6, 6.07) is 9.84. The maximum Gasteiger partial charge on any atom is 0.222 e. The molecule has 0 heterocycles. The summed E-state index contributed by atoms with van der Waals surface area (Å²) < 4.78 is 5.82. The second kappa shape index (κ2) is 7.65. The molecule has 128 valence electrons. The fourth-order valence-electron chi connectivity index (χ4n) is 3.91. The van der Waals surface area contributed by atoms with Crippen LogP contribution in [0.4, 0.5) is 0 Å². The highest BCUT2D eigenvalue weighted by molar-refractivity contribution is 5.85. The van der Waals surface area contributed by atoms with Crippen LogP contribution in [0, 0.1) is 5.41 Å². The Morgan fingerprint density at radius 1 is 1.39 bits per heavy atom. The molecule has 3 N–H and O–H groups in total. The normalized spacial score (nSPS) is 25.7. The van der Waals surface area contributed by atoms with Crippen molar-refractivity contribution in [2.24, 2.45) is 11.1 Å². The van der Waals surface area contributed by atoms with Crippen molar-refractivity contribution < 1.29 is 9.53 Å². The number of ether oxygens (including phenoxy) is 1. The first-order valence-electron chi connectivity index (χ1n) is 8.37. The largest absolute Gasteiger partial charge is 0.378 e. The van der Waals surface area contributed by atoms with E-state index in [4.69, 9.17) is 10.5 Å². The van der Waals surface area contributed by atoms with E-state index in [0.29, 0.717) is 12.5 Å². The third-order valence-electron chi connectivity index (χ3n) is 5.41. The lowest BCUT2D eigenvalue weighted by atomic mass is 9.51. The Balaban J connectivity index is 0.00000192. The highest BCUT2D eigenvalue weighted by Crippen LogP contribution is 2.57. The SMILES string of the molecule is CCOC1CC(NC(=O)CC(N)c2ccccc2)C12CCC2.Cl. The van der Waals surface area contributed by atoms with Crippen molar-refractivity contribution in [3.05, 3.63) is 35.9 Å². The molecule has 0 radical (unpaired) electrons. The zero-order valence-corrected chi connectivity index (χ0v) is 14.5. The third-order valence-corrected chi connectivity index (χ3v) is 5.41. The molecule has 2 aliphatic rings. The maximum absolute atomic E-state index is 12.3. The molecule has 1 spiro atoms. The maximum atomic E-state index is 12.3. The third kappa shape index (κ3) is 3.54. The molecule has 3 atom stereocenters. The molecule has 0 bridgehead atoms. The van der Waals surface area contributed by atoms with Crippen LogP contribution in [0.15, 0.2) is 30.3 Å². The lowest BCUT2D eigenvalue weighted by molar-refractivity contribution is -0.175. The van der Waals surface area contributed by atoms with Gasteiger partial charge >= 0.3 is 0 Å². The van der Waals surface area contributed by atoms with Gasteiger partial charge in [0.05, 0.1) is 6.10 Å². The van der Waals surface area contributed by atoms with Crippen molar-refractivity contribution in [1.82, 2.24) is 5.32 Å². The molecular formula is C18H27ClN2O2. The van der Waals surface area contributed by atoms with E-state index in [1.54, 1.807) is 0 Å². The highest BCUT2D eigenvalue weighted by Gasteiger charge is 2.59. The molecule has 2 aliphatic carbocycles. The Bertz CT molecular complexity index is 519. The number of hydrogen-bond acceptors (Lipinski definition) is 3. The van der Waals surface area contributed by atoms with E-state index in [0.717, 1.165) is 18.6 Å². The van der Waals surface area contributed by atoms with Gasteiger partial charge < -0.3 is 15.8 Å². The number of amides is 1. The summed E-state index contributed by atoms with van der Waals surface area (Å²) in [7, 11) is 0. The first-order valence-corrected chi connectivity index (χ1v) is 8.37. The second-order valence-corrected chi connectivity index (χ2v) is 6.61. The Kier molecular flexibility index (Phi) is 6.06. The van der Waals surface area contributed by atoms with Crippen molar-refractivity contribution in [2.75, 3.05) is 6.61 Å². The smallest absolute Gasteiger partial charge is 0.222 e. The Hall–Kier alpha value is -1.10. The van der Waals surface area contributed by atoms with Crippen LogP contribution in [0.1, 0.15) is 50.6 Å². The number of carbonyl (C=O) groups excluding carboxylic acids is 1. The molecule has 2 saturated carbocycles. The Morgan fingerprint density at radius 3 is 2.65 bits per heavy atom. The van der Waals surface area contributed by atoms with Gasteiger partial charge in [0.2, 0.25) is 5.91 Å². The van der Waals surface area contributed by atoms with Crippen LogP contribution in [0.3, 0.4) is 0 Å². The van der Waals surface area contributed by atoms with Crippen LogP contribution in [0.2, 0.25) is 0 Å².